The molecule has 1 saturated heterocycles. The second kappa shape index (κ2) is 4.79. The van der Waals surface area contributed by atoms with Gasteiger partial charge in [-0.2, -0.15) is 0 Å². The zero-order valence-corrected chi connectivity index (χ0v) is 11.3. The van der Waals surface area contributed by atoms with Crippen LogP contribution in [0.1, 0.15) is 44.9 Å². The van der Waals surface area contributed by atoms with Gasteiger partial charge in [-0.05, 0) is 23.5 Å². The summed E-state index contributed by atoms with van der Waals surface area (Å²) >= 11 is 0. The molecule has 0 spiro atoms. The molecule has 2 rings (SSSR count). The average Bonchev–Trinajstić information content (AvgIpc) is 2.29. The molecule has 1 heterocycles. The number of hydrogen-bond acceptors (Lipinski definition) is 2. The van der Waals surface area contributed by atoms with Gasteiger partial charge < -0.3 is 10.1 Å². The van der Waals surface area contributed by atoms with E-state index in [1.165, 1.54) is 11.1 Å². The van der Waals surface area contributed by atoms with Crippen LogP contribution in [0.3, 0.4) is 0 Å². The van der Waals surface area contributed by atoms with E-state index in [-0.39, 0.29) is 5.41 Å². The number of nitrogens with one attached hydrogen (secondary N) is 1. The molecule has 2 nitrogen and oxygen atoms in total. The molecule has 1 aromatic rings. The highest BCUT2D eigenvalue weighted by Crippen LogP contribution is 2.24. The molecule has 1 aliphatic heterocycles. The van der Waals surface area contributed by atoms with Crippen molar-refractivity contribution in [2.75, 3.05) is 13.2 Å². The second-order valence-corrected chi connectivity index (χ2v) is 5.98. The zero-order valence-electron chi connectivity index (χ0n) is 11.3. The standard InChI is InChI=1S/C15H23NO/c1-11-9-16-14(10-17-11)12-5-7-13(8-6-12)15(2,3)4/h5-8,11,14,16H,9-10H2,1-4H3. The van der Waals surface area contributed by atoms with E-state index < -0.39 is 0 Å². The third-order valence-electron chi connectivity index (χ3n) is 3.38. The molecule has 17 heavy (non-hydrogen) atoms. The average molecular weight is 233 g/mol. The molecule has 0 radical (unpaired) electrons. The van der Waals surface area contributed by atoms with Crippen LogP contribution in [0.2, 0.25) is 0 Å². The maximum Gasteiger partial charge on any atom is 0.0672 e. The van der Waals surface area contributed by atoms with Gasteiger partial charge in [0.25, 0.3) is 0 Å². The van der Waals surface area contributed by atoms with Gasteiger partial charge in [-0.1, -0.05) is 45.0 Å². The predicted molar refractivity (Wildman–Crippen MR) is 71.3 cm³/mol. The SMILES string of the molecule is CC1CNC(c2ccc(C(C)(C)C)cc2)CO1. The Balaban J connectivity index is 2.08. The van der Waals surface area contributed by atoms with Crippen molar-refractivity contribution in [1.82, 2.24) is 5.32 Å². The smallest absolute Gasteiger partial charge is 0.0672 e. The lowest BCUT2D eigenvalue weighted by Gasteiger charge is -2.29. The summed E-state index contributed by atoms with van der Waals surface area (Å²) in [5.74, 6) is 0. The first-order valence-electron chi connectivity index (χ1n) is 6.42. The molecule has 1 aromatic carbocycles. The maximum atomic E-state index is 5.68. The predicted octanol–water partition coefficient (Wildman–Crippen LogP) is 3.03. The normalized spacial score (nSPS) is 25.9. The van der Waals surface area contributed by atoms with Crippen molar-refractivity contribution in [3.8, 4) is 0 Å². The minimum absolute atomic E-state index is 0.226. The van der Waals surface area contributed by atoms with Crippen LogP contribution in [0.4, 0.5) is 0 Å². The Morgan fingerprint density at radius 1 is 1.18 bits per heavy atom. The van der Waals surface area contributed by atoms with Crippen LogP contribution in [-0.2, 0) is 10.2 Å². The summed E-state index contributed by atoms with van der Waals surface area (Å²) in [6, 6.07) is 9.25. The monoisotopic (exact) mass is 233 g/mol. The molecular formula is C15H23NO. The van der Waals surface area contributed by atoms with Crippen LogP contribution >= 0.6 is 0 Å². The fourth-order valence-electron chi connectivity index (χ4n) is 2.12. The highest BCUT2D eigenvalue weighted by Gasteiger charge is 2.20. The van der Waals surface area contributed by atoms with Gasteiger partial charge >= 0.3 is 0 Å². The van der Waals surface area contributed by atoms with E-state index in [1.54, 1.807) is 0 Å². The summed E-state index contributed by atoms with van der Waals surface area (Å²) in [5, 5.41) is 3.52. The zero-order chi connectivity index (χ0) is 12.5. The number of rotatable bonds is 1. The lowest BCUT2D eigenvalue weighted by molar-refractivity contribution is 0.0149. The summed E-state index contributed by atoms with van der Waals surface area (Å²) in [7, 11) is 0. The molecule has 2 atom stereocenters. The lowest BCUT2D eigenvalue weighted by atomic mass is 9.86. The quantitative estimate of drug-likeness (QED) is 0.805. The van der Waals surface area contributed by atoms with Gasteiger partial charge in [0.05, 0.1) is 18.8 Å². The number of morpholine rings is 1. The molecule has 2 heteroatoms. The van der Waals surface area contributed by atoms with E-state index in [9.17, 15) is 0 Å². The largest absolute Gasteiger partial charge is 0.375 e. The first kappa shape index (κ1) is 12.6. The third kappa shape index (κ3) is 3.08. The number of ether oxygens (including phenoxy) is 1. The Morgan fingerprint density at radius 3 is 2.29 bits per heavy atom. The highest BCUT2D eigenvalue weighted by atomic mass is 16.5. The van der Waals surface area contributed by atoms with E-state index >= 15 is 0 Å². The summed E-state index contributed by atoms with van der Waals surface area (Å²) in [5.41, 5.74) is 2.93. The number of benzene rings is 1. The van der Waals surface area contributed by atoms with E-state index in [4.69, 9.17) is 4.74 Å². The lowest BCUT2D eigenvalue weighted by Crippen LogP contribution is -2.39. The van der Waals surface area contributed by atoms with Crippen molar-refractivity contribution >= 4 is 0 Å². The fourth-order valence-corrected chi connectivity index (χ4v) is 2.12. The van der Waals surface area contributed by atoms with Crippen LogP contribution in [-0.4, -0.2) is 19.3 Å². The Morgan fingerprint density at radius 2 is 1.82 bits per heavy atom. The number of hydrogen-bond donors (Lipinski definition) is 1. The first-order valence-corrected chi connectivity index (χ1v) is 6.42. The minimum Gasteiger partial charge on any atom is -0.375 e. The summed E-state index contributed by atoms with van der Waals surface area (Å²) in [6.07, 6.45) is 0.333. The van der Waals surface area contributed by atoms with Crippen molar-refractivity contribution in [3.05, 3.63) is 35.4 Å². The van der Waals surface area contributed by atoms with Crippen LogP contribution in [0.15, 0.2) is 24.3 Å². The molecular weight excluding hydrogens is 210 g/mol. The summed E-state index contributed by atoms with van der Waals surface area (Å²) in [4.78, 5) is 0. The molecule has 0 saturated carbocycles. The van der Waals surface area contributed by atoms with Crippen LogP contribution in [0.5, 0.6) is 0 Å². The Bertz CT molecular complexity index is 356. The molecule has 0 amide bonds. The maximum absolute atomic E-state index is 5.68. The van der Waals surface area contributed by atoms with E-state index in [0.29, 0.717) is 12.1 Å². The van der Waals surface area contributed by atoms with Crippen LogP contribution in [0, 0.1) is 0 Å². The van der Waals surface area contributed by atoms with Crippen molar-refractivity contribution in [2.24, 2.45) is 0 Å². The van der Waals surface area contributed by atoms with Crippen LogP contribution in [0.25, 0.3) is 0 Å². The van der Waals surface area contributed by atoms with Gasteiger partial charge in [0.15, 0.2) is 0 Å². The molecule has 1 aliphatic rings. The van der Waals surface area contributed by atoms with Crippen LogP contribution < -0.4 is 5.32 Å². The van der Waals surface area contributed by atoms with Gasteiger partial charge in [-0.25, -0.2) is 0 Å². The minimum atomic E-state index is 0.226. The summed E-state index contributed by atoms with van der Waals surface area (Å²) < 4.78 is 5.68. The van der Waals surface area contributed by atoms with Crippen molar-refractivity contribution in [3.63, 3.8) is 0 Å². The van der Waals surface area contributed by atoms with Gasteiger partial charge in [0, 0.05) is 6.54 Å². The molecule has 0 aromatic heterocycles. The van der Waals surface area contributed by atoms with E-state index in [1.807, 2.05) is 0 Å². The Labute approximate surface area is 104 Å². The molecule has 1 fully saturated rings. The molecule has 0 aliphatic carbocycles. The first-order chi connectivity index (χ1) is 7.97. The van der Waals surface area contributed by atoms with Gasteiger partial charge in [-0.3, -0.25) is 0 Å². The molecule has 0 bridgehead atoms. The summed E-state index contributed by atoms with van der Waals surface area (Å²) in [6.45, 7) is 10.5. The molecule has 2 unspecified atom stereocenters. The van der Waals surface area contributed by atoms with Crippen molar-refractivity contribution in [2.45, 2.75) is 45.3 Å². The Kier molecular flexibility index (Phi) is 3.55. The van der Waals surface area contributed by atoms with E-state index in [0.717, 1.165) is 13.2 Å². The topological polar surface area (TPSA) is 21.3 Å². The molecule has 94 valence electrons. The van der Waals surface area contributed by atoms with Gasteiger partial charge in [0.2, 0.25) is 0 Å². The highest BCUT2D eigenvalue weighted by molar-refractivity contribution is 5.29. The fraction of sp³-hybridized carbons (Fsp3) is 0.600. The van der Waals surface area contributed by atoms with Gasteiger partial charge in [-0.15, -0.1) is 0 Å². The Hall–Kier alpha value is -0.860. The van der Waals surface area contributed by atoms with E-state index in [2.05, 4.69) is 57.3 Å². The van der Waals surface area contributed by atoms with Crippen molar-refractivity contribution in [1.29, 1.82) is 0 Å². The van der Waals surface area contributed by atoms with Gasteiger partial charge in [0.1, 0.15) is 0 Å². The molecule has 1 N–H and O–H groups in total. The third-order valence-corrected chi connectivity index (χ3v) is 3.38. The van der Waals surface area contributed by atoms with Crippen molar-refractivity contribution < 1.29 is 4.74 Å². The second-order valence-electron chi connectivity index (χ2n) is 5.98.